The Hall–Kier alpha value is -0.813. The van der Waals surface area contributed by atoms with E-state index in [-0.39, 0.29) is 23.7 Å². The Morgan fingerprint density at radius 3 is 2.26 bits per heavy atom. The van der Waals surface area contributed by atoms with E-state index < -0.39 is 14.6 Å². The molecule has 1 rings (SSSR count). The maximum atomic E-state index is 12.7. The molecule has 5 heteroatoms. The average Bonchev–Trinajstić information content (AvgIpc) is 2.31. The number of rotatable bonds is 3. The van der Waals surface area contributed by atoms with E-state index in [9.17, 15) is 4.79 Å². The fraction of sp³-hybridized carbons (Fsp3) is 0.833. The molecule has 0 aromatic heterocycles. The van der Waals surface area contributed by atoms with E-state index in [1.54, 1.807) is 0 Å². The second-order valence-corrected chi connectivity index (χ2v) is 11.3. The zero-order valence-corrected chi connectivity index (χ0v) is 17.4. The van der Waals surface area contributed by atoms with E-state index in [0.717, 1.165) is 12.8 Å². The van der Waals surface area contributed by atoms with Crippen molar-refractivity contribution in [3.63, 3.8) is 0 Å². The lowest BCUT2D eigenvalue weighted by Gasteiger charge is -2.46. The predicted molar refractivity (Wildman–Crippen MR) is 98.3 cm³/mol. The molecule has 4 nitrogen and oxygen atoms in total. The van der Waals surface area contributed by atoms with Gasteiger partial charge < -0.3 is 14.1 Å². The number of carbonyl (C=O) groups excluding carboxylic acids is 1. The van der Waals surface area contributed by atoms with Gasteiger partial charge in [0.1, 0.15) is 5.60 Å². The molecule has 0 aliphatic carbocycles. The number of hydrogen-bond acceptors (Lipinski definition) is 3. The van der Waals surface area contributed by atoms with Crippen molar-refractivity contribution in [1.82, 2.24) is 4.90 Å². The van der Waals surface area contributed by atoms with Gasteiger partial charge in [0.25, 0.3) is 0 Å². The lowest BCUT2D eigenvalue weighted by atomic mass is 9.80. The van der Waals surface area contributed by atoms with Crippen LogP contribution in [0, 0.1) is 5.41 Å². The highest BCUT2D eigenvalue weighted by Gasteiger charge is 2.42. The van der Waals surface area contributed by atoms with E-state index in [0.29, 0.717) is 6.54 Å². The van der Waals surface area contributed by atoms with Crippen LogP contribution in [0.2, 0.25) is 13.1 Å². The maximum Gasteiger partial charge on any atom is 0.410 e. The fourth-order valence-electron chi connectivity index (χ4n) is 2.94. The number of likely N-dealkylation sites (tertiary alicyclic amines) is 1. The first-order valence-corrected chi connectivity index (χ1v) is 11.4. The van der Waals surface area contributed by atoms with Crippen LogP contribution in [0.25, 0.3) is 0 Å². The summed E-state index contributed by atoms with van der Waals surface area (Å²) in [6.07, 6.45) is 1.39. The Morgan fingerprint density at radius 2 is 1.83 bits per heavy atom. The van der Waals surface area contributed by atoms with Gasteiger partial charge in [-0.25, -0.2) is 4.79 Å². The van der Waals surface area contributed by atoms with E-state index >= 15 is 0 Å². The minimum Gasteiger partial charge on any atom is -0.444 e. The third-order valence-corrected chi connectivity index (χ3v) is 4.69. The number of hydrogen-bond donors (Lipinski definition) is 0. The molecule has 2 atom stereocenters. The minimum atomic E-state index is -1.23. The van der Waals surface area contributed by atoms with Gasteiger partial charge in [-0.2, -0.15) is 0 Å². The van der Waals surface area contributed by atoms with Crippen molar-refractivity contribution in [2.45, 2.75) is 85.2 Å². The lowest BCUT2D eigenvalue weighted by molar-refractivity contribution is -0.0308. The highest BCUT2D eigenvalue weighted by Crippen LogP contribution is 2.34. The molecule has 23 heavy (non-hydrogen) atoms. The zero-order valence-electron chi connectivity index (χ0n) is 16.2. The standard InChI is InChI=1S/C18H35NO3Si/c1-13-10-11-19(16(20)21-18(5,6)7)14(12-13)15(17(2,3)4)22-23(8)9/h14-15,23H,1,10-12H2,2-9H3/t14-,15?/m0/s1. The zero-order chi connectivity index (χ0) is 18.0. The third-order valence-electron chi connectivity index (χ3n) is 3.85. The van der Waals surface area contributed by atoms with Crippen LogP contribution in [0.3, 0.4) is 0 Å². The molecule has 0 aromatic rings. The van der Waals surface area contributed by atoms with Crippen LogP contribution in [0.4, 0.5) is 4.79 Å². The molecule has 0 bridgehead atoms. The summed E-state index contributed by atoms with van der Waals surface area (Å²) in [5.74, 6) is 0. The summed E-state index contributed by atoms with van der Waals surface area (Å²) in [7, 11) is -1.23. The Labute approximate surface area is 143 Å². The van der Waals surface area contributed by atoms with Gasteiger partial charge in [0, 0.05) is 6.54 Å². The molecule has 1 heterocycles. The van der Waals surface area contributed by atoms with Crippen LogP contribution in [0.5, 0.6) is 0 Å². The van der Waals surface area contributed by atoms with Crippen LogP contribution >= 0.6 is 0 Å². The topological polar surface area (TPSA) is 38.8 Å². The highest BCUT2D eigenvalue weighted by molar-refractivity contribution is 6.48. The summed E-state index contributed by atoms with van der Waals surface area (Å²) in [5, 5.41) is 0. The van der Waals surface area contributed by atoms with Crippen molar-refractivity contribution in [3.8, 4) is 0 Å². The third kappa shape index (κ3) is 6.30. The van der Waals surface area contributed by atoms with E-state index in [1.165, 1.54) is 5.57 Å². The van der Waals surface area contributed by atoms with Gasteiger partial charge in [-0.05, 0) is 52.1 Å². The van der Waals surface area contributed by atoms with Gasteiger partial charge >= 0.3 is 6.09 Å². The Bertz CT molecular complexity index is 435. The van der Waals surface area contributed by atoms with E-state index in [4.69, 9.17) is 9.16 Å². The van der Waals surface area contributed by atoms with Crippen LogP contribution in [0.1, 0.15) is 54.4 Å². The van der Waals surface area contributed by atoms with Crippen molar-refractivity contribution in [1.29, 1.82) is 0 Å². The van der Waals surface area contributed by atoms with Crippen molar-refractivity contribution >= 4 is 15.1 Å². The van der Waals surface area contributed by atoms with Crippen molar-refractivity contribution in [2.75, 3.05) is 6.54 Å². The molecule has 0 radical (unpaired) electrons. The number of amides is 1. The second-order valence-electron chi connectivity index (χ2n) is 8.92. The summed E-state index contributed by atoms with van der Waals surface area (Å²) in [6, 6.07) is 0.000926. The number of carbonyl (C=O) groups is 1. The monoisotopic (exact) mass is 341 g/mol. The highest BCUT2D eigenvalue weighted by atomic mass is 28.3. The number of nitrogens with zero attached hydrogens (tertiary/aromatic N) is 1. The molecule has 1 saturated heterocycles. The number of piperidine rings is 1. The molecule has 0 spiro atoms. The molecule has 1 unspecified atom stereocenters. The fourth-order valence-corrected chi connectivity index (χ4v) is 4.11. The predicted octanol–water partition coefficient (Wildman–Crippen LogP) is 4.36. The Kier molecular flexibility index (Phi) is 6.50. The van der Waals surface area contributed by atoms with Gasteiger partial charge in [-0.1, -0.05) is 32.9 Å². The largest absolute Gasteiger partial charge is 0.444 e. The van der Waals surface area contributed by atoms with Gasteiger partial charge in [0.2, 0.25) is 0 Å². The number of ether oxygens (including phenoxy) is 1. The molecule has 1 aliphatic heterocycles. The SMILES string of the molecule is C=C1CCN(C(=O)OC(C)(C)C)[C@H](C(O[SiH](C)C)C(C)(C)C)C1. The van der Waals surface area contributed by atoms with Crippen LogP contribution in [-0.4, -0.2) is 44.3 Å². The maximum absolute atomic E-state index is 12.7. The van der Waals surface area contributed by atoms with Gasteiger partial charge in [-0.15, -0.1) is 0 Å². The summed E-state index contributed by atoms with van der Waals surface area (Å²) < 4.78 is 12.0. The normalized spacial score (nSPS) is 21.5. The molecular formula is C18H35NO3Si. The van der Waals surface area contributed by atoms with E-state index in [1.807, 2.05) is 25.7 Å². The molecule has 0 N–H and O–H groups in total. The molecule has 0 saturated carbocycles. The summed E-state index contributed by atoms with van der Waals surface area (Å²) in [4.78, 5) is 14.5. The van der Waals surface area contributed by atoms with Gasteiger partial charge in [0.05, 0.1) is 12.1 Å². The summed E-state index contributed by atoms with van der Waals surface area (Å²) in [6.45, 7) is 21.4. The average molecular weight is 342 g/mol. The van der Waals surface area contributed by atoms with Gasteiger partial charge in [-0.3, -0.25) is 0 Å². The lowest BCUT2D eigenvalue weighted by Crippen LogP contribution is -2.56. The minimum absolute atomic E-state index is 0.000926. The van der Waals surface area contributed by atoms with Crippen LogP contribution in [0.15, 0.2) is 12.2 Å². The quantitative estimate of drug-likeness (QED) is 0.565. The van der Waals surface area contributed by atoms with Crippen molar-refractivity contribution in [3.05, 3.63) is 12.2 Å². The Balaban J connectivity index is 3.07. The van der Waals surface area contributed by atoms with Gasteiger partial charge in [0.15, 0.2) is 9.04 Å². The van der Waals surface area contributed by atoms with Crippen LogP contribution < -0.4 is 0 Å². The first kappa shape index (κ1) is 20.2. The first-order chi connectivity index (χ1) is 10.3. The first-order valence-electron chi connectivity index (χ1n) is 8.63. The molecule has 1 amide bonds. The molecule has 1 fully saturated rings. The second kappa shape index (κ2) is 7.39. The summed E-state index contributed by atoms with van der Waals surface area (Å²) in [5.41, 5.74) is 0.666. The smallest absolute Gasteiger partial charge is 0.410 e. The molecular weight excluding hydrogens is 306 g/mol. The molecule has 1 aliphatic rings. The molecule has 134 valence electrons. The molecule has 0 aromatic carbocycles. The Morgan fingerprint density at radius 1 is 1.26 bits per heavy atom. The van der Waals surface area contributed by atoms with E-state index in [2.05, 4.69) is 40.4 Å². The van der Waals surface area contributed by atoms with Crippen LogP contribution in [-0.2, 0) is 9.16 Å². The van der Waals surface area contributed by atoms with Crippen molar-refractivity contribution in [2.24, 2.45) is 5.41 Å². The van der Waals surface area contributed by atoms with Crippen molar-refractivity contribution < 1.29 is 14.0 Å². The summed E-state index contributed by atoms with van der Waals surface area (Å²) >= 11 is 0.